The second-order valence-electron chi connectivity index (χ2n) is 2.86. The number of nitrogens with zero attached hydrogens (tertiary/aromatic N) is 3. The third kappa shape index (κ3) is 2.22. The number of rotatable bonds is 4. The predicted octanol–water partition coefficient (Wildman–Crippen LogP) is 0.820. The van der Waals surface area contributed by atoms with Crippen LogP contribution in [0.3, 0.4) is 0 Å². The Balaban J connectivity index is 2.04. The fourth-order valence-corrected chi connectivity index (χ4v) is 1.18. The van der Waals surface area contributed by atoms with Gasteiger partial charge in [-0.1, -0.05) is 17.3 Å². The molecule has 2 rings (SSSR count). The van der Waals surface area contributed by atoms with Gasteiger partial charge in [0.2, 0.25) is 5.82 Å². The van der Waals surface area contributed by atoms with E-state index < -0.39 is 0 Å². The maximum Gasteiger partial charge on any atom is 0.211 e. The molecule has 1 aromatic heterocycles. The van der Waals surface area contributed by atoms with Crippen molar-refractivity contribution in [3.05, 3.63) is 30.1 Å². The van der Waals surface area contributed by atoms with Crippen molar-refractivity contribution < 1.29 is 4.74 Å². The Labute approximate surface area is 86.7 Å². The largest absolute Gasteiger partial charge is 0.483 e. The molecule has 0 saturated carbocycles. The highest BCUT2D eigenvalue weighted by Gasteiger charge is 2.03. The van der Waals surface area contributed by atoms with Crippen LogP contribution in [0.2, 0.25) is 0 Å². The summed E-state index contributed by atoms with van der Waals surface area (Å²) in [7, 11) is 1.84. The summed E-state index contributed by atoms with van der Waals surface area (Å²) in [6.07, 6.45) is 0. The summed E-state index contributed by atoms with van der Waals surface area (Å²) in [5.74, 6) is 1.30. The highest BCUT2D eigenvalue weighted by Crippen LogP contribution is 2.23. The smallest absolute Gasteiger partial charge is 0.211 e. The summed E-state index contributed by atoms with van der Waals surface area (Å²) in [5.41, 5.74) is 0.931. The average Bonchev–Trinajstić information content (AvgIpc) is 2.79. The van der Waals surface area contributed by atoms with E-state index in [0.717, 1.165) is 11.4 Å². The molecule has 15 heavy (non-hydrogen) atoms. The maximum absolute atomic E-state index is 5.52. The molecule has 1 heterocycles. The number of anilines is 1. The Bertz CT molecular complexity index is 414. The lowest BCUT2D eigenvalue weighted by atomic mass is 10.3. The standard InChI is InChI=1S/C9H11N5O/c1-10-7-4-2-3-5-8(7)15-6-9-11-13-14-12-9/h2-5,10H,6H2,1H3,(H,11,12,13,14). The van der Waals surface area contributed by atoms with E-state index in [0.29, 0.717) is 12.4 Å². The first-order valence-corrected chi connectivity index (χ1v) is 4.52. The van der Waals surface area contributed by atoms with E-state index in [1.165, 1.54) is 0 Å². The quantitative estimate of drug-likeness (QED) is 0.772. The van der Waals surface area contributed by atoms with Crippen LogP contribution in [-0.2, 0) is 6.61 Å². The van der Waals surface area contributed by atoms with Gasteiger partial charge in [-0.2, -0.15) is 5.21 Å². The zero-order valence-electron chi connectivity index (χ0n) is 8.27. The lowest BCUT2D eigenvalue weighted by Crippen LogP contribution is -2.00. The van der Waals surface area contributed by atoms with Gasteiger partial charge in [0, 0.05) is 7.05 Å². The third-order valence-electron chi connectivity index (χ3n) is 1.90. The van der Waals surface area contributed by atoms with Crippen LogP contribution in [-0.4, -0.2) is 27.7 Å². The second kappa shape index (κ2) is 4.41. The van der Waals surface area contributed by atoms with Crippen molar-refractivity contribution in [3.8, 4) is 5.75 Å². The molecule has 2 aromatic rings. The zero-order valence-corrected chi connectivity index (χ0v) is 8.27. The van der Waals surface area contributed by atoms with Crippen LogP contribution in [0.5, 0.6) is 5.75 Å². The molecule has 0 bridgehead atoms. The van der Waals surface area contributed by atoms with Crippen molar-refractivity contribution >= 4 is 5.69 Å². The van der Waals surface area contributed by atoms with Gasteiger partial charge in [0.15, 0.2) is 6.61 Å². The minimum absolute atomic E-state index is 0.301. The number of H-pyrrole nitrogens is 1. The van der Waals surface area contributed by atoms with Crippen LogP contribution in [0.1, 0.15) is 5.82 Å². The molecular formula is C9H11N5O. The van der Waals surface area contributed by atoms with Crippen molar-refractivity contribution in [2.45, 2.75) is 6.61 Å². The Morgan fingerprint density at radius 2 is 2.27 bits per heavy atom. The van der Waals surface area contributed by atoms with E-state index in [-0.39, 0.29) is 0 Å². The second-order valence-corrected chi connectivity index (χ2v) is 2.86. The van der Waals surface area contributed by atoms with Gasteiger partial charge in [0.1, 0.15) is 5.75 Å². The van der Waals surface area contributed by atoms with Gasteiger partial charge in [-0.05, 0) is 12.1 Å². The van der Waals surface area contributed by atoms with Crippen molar-refractivity contribution in [3.63, 3.8) is 0 Å². The molecule has 1 aromatic carbocycles. The Hall–Kier alpha value is -2.11. The zero-order chi connectivity index (χ0) is 10.5. The summed E-state index contributed by atoms with van der Waals surface area (Å²) >= 11 is 0. The van der Waals surface area contributed by atoms with Gasteiger partial charge in [0.05, 0.1) is 5.69 Å². The van der Waals surface area contributed by atoms with Crippen molar-refractivity contribution in [2.24, 2.45) is 0 Å². The third-order valence-corrected chi connectivity index (χ3v) is 1.90. The van der Waals surface area contributed by atoms with Gasteiger partial charge >= 0.3 is 0 Å². The SMILES string of the molecule is CNc1ccccc1OCc1nn[nH]n1. The monoisotopic (exact) mass is 205 g/mol. The minimum Gasteiger partial charge on any atom is -0.483 e. The molecule has 0 radical (unpaired) electrons. The number of hydrogen-bond acceptors (Lipinski definition) is 5. The van der Waals surface area contributed by atoms with Crippen molar-refractivity contribution in [1.82, 2.24) is 20.6 Å². The first-order chi connectivity index (χ1) is 7.40. The Morgan fingerprint density at radius 1 is 1.40 bits per heavy atom. The number of aromatic nitrogens is 4. The Morgan fingerprint density at radius 3 is 3.00 bits per heavy atom. The summed E-state index contributed by atoms with van der Waals surface area (Å²) in [6, 6.07) is 7.66. The fraction of sp³-hybridized carbons (Fsp3) is 0.222. The number of ether oxygens (including phenoxy) is 1. The molecule has 2 N–H and O–H groups in total. The fourth-order valence-electron chi connectivity index (χ4n) is 1.18. The van der Waals surface area contributed by atoms with Gasteiger partial charge in [-0.3, -0.25) is 0 Å². The number of benzene rings is 1. The molecule has 6 heteroatoms. The molecular weight excluding hydrogens is 194 g/mol. The summed E-state index contributed by atoms with van der Waals surface area (Å²) in [6.45, 7) is 0.301. The first-order valence-electron chi connectivity index (χ1n) is 4.52. The summed E-state index contributed by atoms with van der Waals surface area (Å²) in [4.78, 5) is 0. The minimum atomic E-state index is 0.301. The van der Waals surface area contributed by atoms with Gasteiger partial charge in [-0.15, -0.1) is 10.2 Å². The van der Waals surface area contributed by atoms with Crippen LogP contribution in [0.15, 0.2) is 24.3 Å². The van der Waals surface area contributed by atoms with Crippen LogP contribution in [0.4, 0.5) is 5.69 Å². The molecule has 0 spiro atoms. The predicted molar refractivity (Wildman–Crippen MR) is 54.5 cm³/mol. The molecule has 0 fully saturated rings. The highest BCUT2D eigenvalue weighted by molar-refractivity contribution is 5.55. The van der Waals surface area contributed by atoms with E-state index in [1.54, 1.807) is 0 Å². The molecule has 0 unspecified atom stereocenters. The van der Waals surface area contributed by atoms with Crippen LogP contribution < -0.4 is 10.1 Å². The molecule has 0 atom stereocenters. The van der Waals surface area contributed by atoms with E-state index >= 15 is 0 Å². The van der Waals surface area contributed by atoms with Crippen LogP contribution >= 0.6 is 0 Å². The van der Waals surface area contributed by atoms with Gasteiger partial charge < -0.3 is 10.1 Å². The van der Waals surface area contributed by atoms with E-state index in [9.17, 15) is 0 Å². The molecule has 0 amide bonds. The Kier molecular flexibility index (Phi) is 2.77. The first kappa shape index (κ1) is 9.45. The number of hydrogen-bond donors (Lipinski definition) is 2. The average molecular weight is 205 g/mol. The lowest BCUT2D eigenvalue weighted by Gasteiger charge is -2.08. The number of nitrogens with one attached hydrogen (secondary N) is 2. The van der Waals surface area contributed by atoms with Crippen molar-refractivity contribution in [2.75, 3.05) is 12.4 Å². The number of para-hydroxylation sites is 2. The molecule has 0 saturated heterocycles. The molecule has 78 valence electrons. The van der Waals surface area contributed by atoms with E-state index in [1.807, 2.05) is 31.3 Å². The normalized spacial score (nSPS) is 9.93. The molecule has 6 nitrogen and oxygen atoms in total. The van der Waals surface area contributed by atoms with Gasteiger partial charge in [-0.25, -0.2) is 0 Å². The highest BCUT2D eigenvalue weighted by atomic mass is 16.5. The van der Waals surface area contributed by atoms with Crippen molar-refractivity contribution in [1.29, 1.82) is 0 Å². The summed E-state index contributed by atoms with van der Waals surface area (Å²) in [5, 5.41) is 16.4. The van der Waals surface area contributed by atoms with Crippen LogP contribution in [0.25, 0.3) is 0 Å². The van der Waals surface area contributed by atoms with Gasteiger partial charge in [0.25, 0.3) is 0 Å². The summed E-state index contributed by atoms with van der Waals surface area (Å²) < 4.78 is 5.52. The lowest BCUT2D eigenvalue weighted by molar-refractivity contribution is 0.297. The maximum atomic E-state index is 5.52. The van der Waals surface area contributed by atoms with Crippen LogP contribution in [0, 0.1) is 0 Å². The molecule has 0 aliphatic carbocycles. The topological polar surface area (TPSA) is 75.7 Å². The molecule has 0 aliphatic rings. The number of tetrazole rings is 1. The molecule has 0 aliphatic heterocycles. The number of aromatic amines is 1. The van der Waals surface area contributed by atoms with E-state index in [4.69, 9.17) is 4.74 Å². The van der Waals surface area contributed by atoms with E-state index in [2.05, 4.69) is 25.9 Å².